The minimum absolute atomic E-state index is 0.00418. The lowest BCUT2D eigenvalue weighted by Crippen LogP contribution is -2.22. The first-order valence-electron chi connectivity index (χ1n) is 7.88. The van der Waals surface area contributed by atoms with Crippen molar-refractivity contribution in [3.8, 4) is 16.9 Å². The zero-order valence-corrected chi connectivity index (χ0v) is 14.1. The first-order chi connectivity index (χ1) is 11.6. The Hall–Kier alpha value is -2.35. The Morgan fingerprint density at radius 1 is 0.875 bits per heavy atom. The predicted octanol–water partition coefficient (Wildman–Crippen LogP) is 4.71. The fourth-order valence-electron chi connectivity index (χ4n) is 3.31. The van der Waals surface area contributed by atoms with Gasteiger partial charge in [0.05, 0.1) is 5.30 Å². The molecule has 0 saturated carbocycles. The summed E-state index contributed by atoms with van der Waals surface area (Å²) < 4.78 is 18.4. The molecule has 0 aromatic heterocycles. The summed E-state index contributed by atoms with van der Waals surface area (Å²) in [6.07, 6.45) is 0. The third-order valence-electron chi connectivity index (χ3n) is 4.52. The smallest absolute Gasteiger partial charge is 0.409 e. The number of hydrogen-bond acceptors (Lipinski definition) is 2. The van der Waals surface area contributed by atoms with Crippen LogP contribution in [0.3, 0.4) is 0 Å². The fourth-order valence-corrected chi connectivity index (χ4v) is 4.92. The highest BCUT2D eigenvalue weighted by molar-refractivity contribution is 7.62. The highest BCUT2D eigenvalue weighted by atomic mass is 31.2. The normalized spacial score (nSPS) is 19.8. The first kappa shape index (κ1) is 15.2. The van der Waals surface area contributed by atoms with Crippen LogP contribution in [0.2, 0.25) is 0 Å². The summed E-state index contributed by atoms with van der Waals surface area (Å²) >= 11 is 0. The maximum absolute atomic E-state index is 12.9. The molecule has 1 aliphatic rings. The predicted molar refractivity (Wildman–Crippen MR) is 95.9 cm³/mol. The molecule has 3 nitrogen and oxygen atoms in total. The topological polar surface area (TPSA) is 46.5 Å². The number of para-hydroxylation sites is 1. The molecule has 3 aromatic carbocycles. The van der Waals surface area contributed by atoms with Crippen molar-refractivity contribution in [1.29, 1.82) is 0 Å². The molecule has 2 unspecified atom stereocenters. The molecule has 0 aliphatic carbocycles. The molecule has 0 bridgehead atoms. The summed E-state index contributed by atoms with van der Waals surface area (Å²) in [6.45, 7) is 2.05. The zero-order chi connectivity index (χ0) is 16.7. The van der Waals surface area contributed by atoms with Crippen molar-refractivity contribution in [2.24, 2.45) is 0 Å². The average molecular weight is 336 g/mol. The molecule has 0 saturated heterocycles. The Labute approximate surface area is 141 Å². The van der Waals surface area contributed by atoms with Crippen molar-refractivity contribution < 1.29 is 14.0 Å². The lowest BCUT2D eigenvalue weighted by atomic mass is 9.90. The summed E-state index contributed by atoms with van der Waals surface area (Å²) in [6, 6.07) is 23.1. The van der Waals surface area contributed by atoms with Crippen LogP contribution in [0.15, 0.2) is 72.8 Å². The number of benzene rings is 3. The van der Waals surface area contributed by atoms with E-state index < -0.39 is 7.60 Å². The van der Waals surface area contributed by atoms with E-state index in [1.165, 1.54) is 0 Å². The molecule has 24 heavy (non-hydrogen) atoms. The van der Waals surface area contributed by atoms with Gasteiger partial charge >= 0.3 is 7.60 Å². The van der Waals surface area contributed by atoms with Gasteiger partial charge in [0.25, 0.3) is 0 Å². The van der Waals surface area contributed by atoms with Crippen molar-refractivity contribution in [3.63, 3.8) is 0 Å². The first-order valence-corrected chi connectivity index (χ1v) is 9.46. The van der Waals surface area contributed by atoms with Gasteiger partial charge < -0.3 is 9.42 Å². The summed E-state index contributed by atoms with van der Waals surface area (Å²) in [5.74, 6) is 0.454. The fraction of sp³-hybridized carbons (Fsp3) is 0.100. The molecule has 3 aromatic rings. The van der Waals surface area contributed by atoms with Crippen LogP contribution in [-0.2, 0) is 4.57 Å². The molecule has 2 atom stereocenters. The van der Waals surface area contributed by atoms with Crippen molar-refractivity contribution >= 4 is 12.9 Å². The Kier molecular flexibility index (Phi) is 3.56. The molecule has 0 radical (unpaired) electrons. The molecule has 0 amide bonds. The van der Waals surface area contributed by atoms with Gasteiger partial charge in [-0.2, -0.15) is 0 Å². The maximum Gasteiger partial charge on any atom is 0.409 e. The second kappa shape index (κ2) is 5.62. The number of fused-ring (bicyclic) bond motifs is 3. The van der Waals surface area contributed by atoms with Gasteiger partial charge in [0.1, 0.15) is 5.75 Å². The molecule has 0 fully saturated rings. The Bertz CT molecular complexity index is 950. The minimum atomic E-state index is -3.92. The Morgan fingerprint density at radius 3 is 2.33 bits per heavy atom. The summed E-state index contributed by atoms with van der Waals surface area (Å²) in [5.41, 5.74) is 3.57. The molecular weight excluding hydrogens is 319 g/mol. The van der Waals surface area contributed by atoms with Crippen molar-refractivity contribution in [2.45, 2.75) is 12.8 Å². The van der Waals surface area contributed by atoms with Gasteiger partial charge in [0, 0.05) is 17.0 Å². The monoisotopic (exact) mass is 336 g/mol. The molecular formula is C20H17O3P. The molecule has 120 valence electrons. The highest BCUT2D eigenvalue weighted by Crippen LogP contribution is 2.53. The van der Waals surface area contributed by atoms with Gasteiger partial charge in [-0.05, 0) is 17.2 Å². The van der Waals surface area contributed by atoms with Gasteiger partial charge in [-0.3, -0.25) is 0 Å². The van der Waals surface area contributed by atoms with Gasteiger partial charge in [0.2, 0.25) is 0 Å². The van der Waals surface area contributed by atoms with E-state index in [2.05, 4.69) is 0 Å². The van der Waals surface area contributed by atoms with Crippen LogP contribution >= 0.6 is 7.60 Å². The number of hydrogen-bond donors (Lipinski definition) is 1. The van der Waals surface area contributed by atoms with Gasteiger partial charge in [-0.1, -0.05) is 73.7 Å². The van der Waals surface area contributed by atoms with E-state index in [0.29, 0.717) is 11.1 Å². The molecule has 1 heterocycles. The van der Waals surface area contributed by atoms with E-state index >= 15 is 0 Å². The molecule has 1 N–H and O–H groups in total. The zero-order valence-electron chi connectivity index (χ0n) is 13.2. The molecule has 1 aliphatic heterocycles. The Balaban J connectivity index is 1.96. The van der Waals surface area contributed by atoms with Crippen LogP contribution in [0.1, 0.15) is 24.0 Å². The highest BCUT2D eigenvalue weighted by Gasteiger charge is 2.37. The van der Waals surface area contributed by atoms with Crippen molar-refractivity contribution in [3.05, 3.63) is 83.9 Å². The van der Waals surface area contributed by atoms with Crippen molar-refractivity contribution in [2.75, 3.05) is 0 Å². The molecule has 4 heteroatoms. The van der Waals surface area contributed by atoms with E-state index in [-0.39, 0.29) is 5.92 Å². The van der Waals surface area contributed by atoms with Gasteiger partial charge in [0.15, 0.2) is 0 Å². The lowest BCUT2D eigenvalue weighted by Gasteiger charge is -2.28. The number of rotatable bonds is 2. The maximum atomic E-state index is 12.9. The van der Waals surface area contributed by atoms with E-state index in [4.69, 9.17) is 4.52 Å². The summed E-state index contributed by atoms with van der Waals surface area (Å²) in [7, 11) is -3.92. The second-order valence-electron chi connectivity index (χ2n) is 5.98. The van der Waals surface area contributed by atoms with Gasteiger partial charge in [-0.15, -0.1) is 0 Å². The molecule has 4 rings (SSSR count). The van der Waals surface area contributed by atoms with Crippen LogP contribution < -0.4 is 9.83 Å². The van der Waals surface area contributed by atoms with E-state index in [1.54, 1.807) is 12.1 Å². The van der Waals surface area contributed by atoms with Crippen LogP contribution in [0, 0.1) is 0 Å². The SMILES string of the molecule is CC(c1ccccc1)c1cccc2c1P(=O)(O)Oc1ccccc1-2. The quantitative estimate of drug-likeness (QED) is 0.690. The van der Waals surface area contributed by atoms with E-state index in [0.717, 1.165) is 22.3 Å². The van der Waals surface area contributed by atoms with Crippen LogP contribution in [0.4, 0.5) is 0 Å². The van der Waals surface area contributed by atoms with Crippen LogP contribution in [0.25, 0.3) is 11.1 Å². The summed E-state index contributed by atoms with van der Waals surface area (Å²) in [4.78, 5) is 10.6. The minimum Gasteiger partial charge on any atom is -0.421 e. The van der Waals surface area contributed by atoms with E-state index in [1.807, 2.05) is 67.6 Å². The molecule has 0 spiro atoms. The Morgan fingerprint density at radius 2 is 1.54 bits per heavy atom. The lowest BCUT2D eigenvalue weighted by molar-refractivity contribution is 0.392. The third kappa shape index (κ3) is 2.37. The van der Waals surface area contributed by atoms with Crippen molar-refractivity contribution in [1.82, 2.24) is 0 Å². The van der Waals surface area contributed by atoms with Crippen LogP contribution in [0.5, 0.6) is 5.75 Å². The van der Waals surface area contributed by atoms with Crippen LogP contribution in [-0.4, -0.2) is 4.89 Å². The standard InChI is InChI=1S/C20H17O3P/c1-14(15-8-3-2-4-9-15)16-11-7-12-18-17-10-5-6-13-19(17)23-24(21,22)20(16)18/h2-14H,1H3,(H,21,22). The largest absolute Gasteiger partial charge is 0.421 e. The van der Waals surface area contributed by atoms with Gasteiger partial charge in [-0.25, -0.2) is 4.57 Å². The van der Waals surface area contributed by atoms with E-state index in [9.17, 15) is 9.46 Å². The third-order valence-corrected chi connectivity index (χ3v) is 6.02. The average Bonchev–Trinajstić information content (AvgIpc) is 2.61. The second-order valence-corrected chi connectivity index (χ2v) is 7.65. The summed E-state index contributed by atoms with van der Waals surface area (Å²) in [5, 5.41) is 0.417.